The number of hydrogen-bond donors (Lipinski definition) is 1. The molecule has 72 valence electrons. The summed E-state index contributed by atoms with van der Waals surface area (Å²) in [7, 11) is 0. The largest absolute Gasteiger partial charge is 0.463 e. The zero-order valence-corrected chi connectivity index (χ0v) is 7.96. The summed E-state index contributed by atoms with van der Waals surface area (Å²) in [6, 6.07) is 1.95. The third-order valence-electron chi connectivity index (χ3n) is 1.48. The highest BCUT2D eigenvalue weighted by Gasteiger charge is 2.11. The highest BCUT2D eigenvalue weighted by atomic mass is 16.5. The van der Waals surface area contributed by atoms with E-state index >= 15 is 0 Å². The Kier molecular flexibility index (Phi) is 5.37. The summed E-state index contributed by atoms with van der Waals surface area (Å²) in [5, 5.41) is 8.34. The summed E-state index contributed by atoms with van der Waals surface area (Å²) in [5.74, 6) is -0.419. The van der Waals surface area contributed by atoms with Crippen LogP contribution in [0.15, 0.2) is 11.3 Å². The maximum Gasteiger partial charge on any atom is 0.335 e. The molecule has 0 radical (unpaired) electrons. The smallest absolute Gasteiger partial charge is 0.335 e. The van der Waals surface area contributed by atoms with Crippen LogP contribution in [0.3, 0.4) is 0 Å². The molecule has 0 rings (SSSR count). The van der Waals surface area contributed by atoms with Crippen LogP contribution in [-0.4, -0.2) is 12.6 Å². The van der Waals surface area contributed by atoms with Crippen LogP contribution in [0.1, 0.15) is 26.7 Å². The van der Waals surface area contributed by atoms with Crippen LogP contribution in [0.5, 0.6) is 0 Å². The number of ether oxygens (including phenoxy) is 1. The average Bonchev–Trinajstić information content (AvgIpc) is 2.05. The van der Waals surface area contributed by atoms with Gasteiger partial charge in [0.05, 0.1) is 18.2 Å². The third kappa shape index (κ3) is 4.16. The van der Waals surface area contributed by atoms with Crippen molar-refractivity contribution in [3.63, 3.8) is 0 Å². The monoisotopic (exact) mass is 182 g/mol. The summed E-state index contributed by atoms with van der Waals surface area (Å²) >= 11 is 0. The predicted molar refractivity (Wildman–Crippen MR) is 48.4 cm³/mol. The normalized spacial score (nSPS) is 11.5. The number of esters is 1. The van der Waals surface area contributed by atoms with Crippen LogP contribution in [0.4, 0.5) is 0 Å². The lowest BCUT2D eigenvalue weighted by Crippen LogP contribution is -2.12. The van der Waals surface area contributed by atoms with E-state index in [1.807, 2.05) is 6.07 Å². The number of rotatable bonds is 4. The zero-order chi connectivity index (χ0) is 10.3. The van der Waals surface area contributed by atoms with Crippen LogP contribution in [0.2, 0.25) is 0 Å². The molecule has 0 fully saturated rings. The molecule has 13 heavy (non-hydrogen) atoms. The lowest BCUT2D eigenvalue weighted by atomic mass is 10.1. The molecule has 4 heteroatoms. The zero-order valence-electron chi connectivity index (χ0n) is 7.96. The first-order valence-corrected chi connectivity index (χ1v) is 4.12. The molecular weight excluding hydrogens is 168 g/mol. The summed E-state index contributed by atoms with van der Waals surface area (Å²) in [6.07, 6.45) is 0.639. The van der Waals surface area contributed by atoms with E-state index in [2.05, 4.69) is 0 Å². The van der Waals surface area contributed by atoms with Gasteiger partial charge < -0.3 is 10.5 Å². The second kappa shape index (κ2) is 6.06. The quantitative estimate of drug-likeness (QED) is 0.521. The molecule has 4 nitrogen and oxygen atoms in total. The van der Waals surface area contributed by atoms with Gasteiger partial charge in [-0.1, -0.05) is 0 Å². The van der Waals surface area contributed by atoms with Crippen molar-refractivity contribution in [3.8, 4) is 6.07 Å². The van der Waals surface area contributed by atoms with Gasteiger partial charge in [-0.05, 0) is 20.3 Å². The van der Waals surface area contributed by atoms with E-state index in [9.17, 15) is 4.79 Å². The van der Waals surface area contributed by atoms with E-state index in [0.717, 1.165) is 0 Å². The molecule has 0 unspecified atom stereocenters. The second-order valence-corrected chi connectivity index (χ2v) is 2.54. The van der Waals surface area contributed by atoms with E-state index in [0.29, 0.717) is 24.3 Å². The maximum absolute atomic E-state index is 11.2. The lowest BCUT2D eigenvalue weighted by molar-refractivity contribution is -0.138. The van der Waals surface area contributed by atoms with Gasteiger partial charge in [0.1, 0.15) is 0 Å². The molecule has 0 aliphatic carbocycles. The summed E-state index contributed by atoms with van der Waals surface area (Å²) < 4.78 is 4.78. The van der Waals surface area contributed by atoms with Crippen LogP contribution in [0, 0.1) is 11.3 Å². The van der Waals surface area contributed by atoms with Crippen LogP contribution >= 0.6 is 0 Å². The first-order valence-electron chi connectivity index (χ1n) is 4.12. The van der Waals surface area contributed by atoms with Crippen LogP contribution in [0.25, 0.3) is 0 Å². The van der Waals surface area contributed by atoms with Gasteiger partial charge >= 0.3 is 5.97 Å². The number of hydrogen-bond acceptors (Lipinski definition) is 4. The average molecular weight is 182 g/mol. The molecule has 0 aromatic rings. The first kappa shape index (κ1) is 11.5. The number of nitriles is 1. The molecule has 0 heterocycles. The number of allylic oxidation sites excluding steroid dienone is 1. The second-order valence-electron chi connectivity index (χ2n) is 2.54. The Hall–Kier alpha value is -1.50. The molecule has 2 N–H and O–H groups in total. The Labute approximate surface area is 78.0 Å². The minimum Gasteiger partial charge on any atom is -0.463 e. The molecule has 0 aromatic carbocycles. The van der Waals surface area contributed by atoms with E-state index in [4.69, 9.17) is 15.7 Å². The van der Waals surface area contributed by atoms with E-state index < -0.39 is 5.97 Å². The predicted octanol–water partition coefficient (Wildman–Crippen LogP) is 1.09. The van der Waals surface area contributed by atoms with Gasteiger partial charge in [-0.3, -0.25) is 0 Å². The van der Waals surface area contributed by atoms with Crippen molar-refractivity contribution in [1.82, 2.24) is 0 Å². The first-order chi connectivity index (χ1) is 6.13. The Morgan fingerprint density at radius 2 is 2.23 bits per heavy atom. The van der Waals surface area contributed by atoms with Crippen molar-refractivity contribution in [2.45, 2.75) is 26.7 Å². The Bertz CT molecular complexity index is 247. The summed E-state index contributed by atoms with van der Waals surface area (Å²) in [6.45, 7) is 3.68. The van der Waals surface area contributed by atoms with Gasteiger partial charge in [-0.15, -0.1) is 0 Å². The molecule has 0 aliphatic heterocycles. The summed E-state index contributed by atoms with van der Waals surface area (Å²) in [5.41, 5.74) is 6.31. The van der Waals surface area contributed by atoms with Crippen molar-refractivity contribution in [1.29, 1.82) is 5.26 Å². The van der Waals surface area contributed by atoms with Gasteiger partial charge in [0, 0.05) is 12.1 Å². The standard InChI is InChI=1S/C9H14N2O2/c1-3-13-9(12)8(7(2)11)5-4-6-10/h3-5,11H2,1-2H3. The molecule has 0 aliphatic rings. The minimum absolute atomic E-state index is 0.280. The Balaban J connectivity index is 4.37. The van der Waals surface area contributed by atoms with Gasteiger partial charge in [0.15, 0.2) is 0 Å². The number of nitrogens with two attached hydrogens (primary N) is 1. The lowest BCUT2D eigenvalue weighted by Gasteiger charge is -2.06. The number of carbonyl (C=O) groups is 1. The Morgan fingerprint density at radius 3 is 2.62 bits per heavy atom. The highest BCUT2D eigenvalue weighted by molar-refractivity contribution is 5.89. The van der Waals surface area contributed by atoms with Gasteiger partial charge in [0.2, 0.25) is 0 Å². The summed E-state index contributed by atoms with van der Waals surface area (Å²) in [4.78, 5) is 11.2. The van der Waals surface area contributed by atoms with Crippen molar-refractivity contribution in [2.24, 2.45) is 5.73 Å². The van der Waals surface area contributed by atoms with Crippen molar-refractivity contribution < 1.29 is 9.53 Å². The molecule has 0 spiro atoms. The topological polar surface area (TPSA) is 76.1 Å². The molecule has 0 saturated heterocycles. The van der Waals surface area contributed by atoms with Gasteiger partial charge in [-0.25, -0.2) is 4.79 Å². The van der Waals surface area contributed by atoms with Crippen molar-refractivity contribution in [2.75, 3.05) is 6.61 Å². The van der Waals surface area contributed by atoms with Crippen molar-refractivity contribution >= 4 is 5.97 Å². The third-order valence-corrected chi connectivity index (χ3v) is 1.48. The fraction of sp³-hybridized carbons (Fsp3) is 0.556. The maximum atomic E-state index is 11.2. The van der Waals surface area contributed by atoms with Gasteiger partial charge in [-0.2, -0.15) is 5.26 Å². The molecule has 0 amide bonds. The van der Waals surface area contributed by atoms with Crippen LogP contribution < -0.4 is 5.73 Å². The fourth-order valence-corrected chi connectivity index (χ4v) is 0.859. The van der Waals surface area contributed by atoms with Crippen LogP contribution in [-0.2, 0) is 9.53 Å². The number of nitrogens with zero attached hydrogens (tertiary/aromatic N) is 1. The molecule has 0 saturated carbocycles. The Morgan fingerprint density at radius 1 is 1.62 bits per heavy atom. The number of carbonyl (C=O) groups excluding carboxylic acids is 1. The molecule has 0 aromatic heterocycles. The molecule has 0 bridgehead atoms. The minimum atomic E-state index is -0.419. The SMILES string of the molecule is CCOC(=O)C(CCC#N)=C(C)N. The highest BCUT2D eigenvalue weighted by Crippen LogP contribution is 2.09. The van der Waals surface area contributed by atoms with Gasteiger partial charge in [0.25, 0.3) is 0 Å². The molecular formula is C9H14N2O2. The van der Waals surface area contributed by atoms with E-state index in [-0.39, 0.29) is 6.42 Å². The van der Waals surface area contributed by atoms with E-state index in [1.54, 1.807) is 13.8 Å². The molecule has 0 atom stereocenters. The fourth-order valence-electron chi connectivity index (χ4n) is 0.859. The van der Waals surface area contributed by atoms with E-state index in [1.165, 1.54) is 0 Å². The van der Waals surface area contributed by atoms with Crippen molar-refractivity contribution in [3.05, 3.63) is 11.3 Å².